The van der Waals surface area contributed by atoms with Crippen molar-refractivity contribution in [1.29, 1.82) is 0 Å². The Morgan fingerprint density at radius 1 is 1.50 bits per heavy atom. The number of hydrogen-bond acceptors (Lipinski definition) is 2. The molecule has 0 atom stereocenters. The molecule has 0 unspecified atom stereocenters. The highest BCUT2D eigenvalue weighted by Crippen LogP contribution is 2.09. The zero-order chi connectivity index (χ0) is 13.4. The minimum Gasteiger partial charge on any atom is -0.376 e. The van der Waals surface area contributed by atoms with Crippen LogP contribution in [0.5, 0.6) is 0 Å². The second-order valence-electron chi connectivity index (χ2n) is 3.60. The summed E-state index contributed by atoms with van der Waals surface area (Å²) in [5.41, 5.74) is 7.08. The van der Waals surface area contributed by atoms with E-state index in [4.69, 9.17) is 18.0 Å². The summed E-state index contributed by atoms with van der Waals surface area (Å²) in [6.45, 7) is 2.05. The molecule has 94 valence electrons. The summed E-state index contributed by atoms with van der Waals surface area (Å²) < 4.78 is 0. The van der Waals surface area contributed by atoms with E-state index in [1.807, 2.05) is 24.3 Å². The van der Waals surface area contributed by atoms with Gasteiger partial charge in [0.1, 0.15) is 0 Å². The molecule has 1 aromatic rings. The lowest BCUT2D eigenvalue weighted by Gasteiger charge is -2.03. The predicted octanol–water partition coefficient (Wildman–Crippen LogP) is 1.22. The number of anilines is 1. The van der Waals surface area contributed by atoms with E-state index < -0.39 is 0 Å². The van der Waals surface area contributed by atoms with Crippen LogP contribution in [0.25, 0.3) is 0 Å². The van der Waals surface area contributed by atoms with E-state index in [9.17, 15) is 4.79 Å². The van der Waals surface area contributed by atoms with Crippen molar-refractivity contribution in [2.45, 2.75) is 13.3 Å². The maximum absolute atomic E-state index is 10.6. The van der Waals surface area contributed by atoms with E-state index in [1.165, 1.54) is 6.92 Å². The molecule has 1 rings (SSSR count). The standard InChI is InChI=1S/C13H15N3OS/c1-10(17)15-8-3-2-5-11-6-4-7-12(9-11)16-13(14)18/h4,6-7,9H,3,8H2,1H3,(H,15,17)(H3,14,16,18). The summed E-state index contributed by atoms with van der Waals surface area (Å²) in [4.78, 5) is 10.6. The van der Waals surface area contributed by atoms with Crippen molar-refractivity contribution in [3.8, 4) is 11.8 Å². The Hall–Kier alpha value is -2.06. The van der Waals surface area contributed by atoms with E-state index in [0.29, 0.717) is 13.0 Å². The third-order valence-electron chi connectivity index (χ3n) is 1.99. The molecular formula is C13H15N3OS. The smallest absolute Gasteiger partial charge is 0.216 e. The Labute approximate surface area is 112 Å². The molecule has 4 N–H and O–H groups in total. The maximum Gasteiger partial charge on any atom is 0.216 e. The maximum atomic E-state index is 10.6. The predicted molar refractivity (Wildman–Crippen MR) is 77.0 cm³/mol. The van der Waals surface area contributed by atoms with Crippen LogP contribution >= 0.6 is 12.2 Å². The zero-order valence-corrected chi connectivity index (χ0v) is 10.9. The molecule has 4 nitrogen and oxygen atoms in total. The Bertz CT molecular complexity index is 502. The average Bonchev–Trinajstić information content (AvgIpc) is 2.27. The molecule has 0 radical (unpaired) electrons. The lowest BCUT2D eigenvalue weighted by molar-refractivity contribution is -0.118. The minimum absolute atomic E-state index is 0.0422. The van der Waals surface area contributed by atoms with E-state index in [2.05, 4.69) is 22.5 Å². The zero-order valence-electron chi connectivity index (χ0n) is 10.1. The van der Waals surface area contributed by atoms with Gasteiger partial charge in [0, 0.05) is 31.1 Å². The number of rotatable bonds is 3. The molecule has 18 heavy (non-hydrogen) atoms. The quantitative estimate of drug-likeness (QED) is 0.435. The van der Waals surface area contributed by atoms with Crippen molar-refractivity contribution in [1.82, 2.24) is 5.32 Å². The molecule has 5 heteroatoms. The van der Waals surface area contributed by atoms with Gasteiger partial charge in [-0.15, -0.1) is 0 Å². The fourth-order valence-corrected chi connectivity index (χ4v) is 1.40. The highest BCUT2D eigenvalue weighted by Gasteiger charge is 1.93. The summed E-state index contributed by atoms with van der Waals surface area (Å²) in [6, 6.07) is 7.50. The molecule has 0 saturated carbocycles. The van der Waals surface area contributed by atoms with Crippen LogP contribution in [-0.4, -0.2) is 17.6 Å². The number of amides is 1. The van der Waals surface area contributed by atoms with Gasteiger partial charge in [-0.05, 0) is 30.4 Å². The van der Waals surface area contributed by atoms with Gasteiger partial charge in [0.15, 0.2) is 5.11 Å². The average molecular weight is 261 g/mol. The van der Waals surface area contributed by atoms with Crippen LogP contribution in [0.2, 0.25) is 0 Å². The van der Waals surface area contributed by atoms with Gasteiger partial charge in [0.2, 0.25) is 5.91 Å². The second-order valence-corrected chi connectivity index (χ2v) is 4.04. The highest BCUT2D eigenvalue weighted by molar-refractivity contribution is 7.80. The Kier molecular flexibility index (Phi) is 5.68. The van der Waals surface area contributed by atoms with Gasteiger partial charge in [0.25, 0.3) is 0 Å². The molecule has 0 saturated heterocycles. The van der Waals surface area contributed by atoms with Gasteiger partial charge in [-0.3, -0.25) is 4.79 Å². The summed E-state index contributed by atoms with van der Waals surface area (Å²) >= 11 is 4.76. The van der Waals surface area contributed by atoms with Crippen molar-refractivity contribution < 1.29 is 4.79 Å². The minimum atomic E-state index is -0.0422. The van der Waals surface area contributed by atoms with E-state index >= 15 is 0 Å². The third-order valence-corrected chi connectivity index (χ3v) is 2.09. The third kappa shape index (κ3) is 5.87. The van der Waals surface area contributed by atoms with Gasteiger partial charge in [0.05, 0.1) is 0 Å². The summed E-state index contributed by atoms with van der Waals surface area (Å²) in [5, 5.41) is 5.76. The highest BCUT2D eigenvalue weighted by atomic mass is 32.1. The molecule has 0 aliphatic heterocycles. The van der Waals surface area contributed by atoms with Crippen molar-refractivity contribution >= 4 is 28.9 Å². The largest absolute Gasteiger partial charge is 0.376 e. The van der Waals surface area contributed by atoms with Gasteiger partial charge in [-0.2, -0.15) is 0 Å². The molecule has 0 spiro atoms. The number of benzene rings is 1. The molecular weight excluding hydrogens is 246 g/mol. The molecule has 1 aromatic carbocycles. The summed E-state index contributed by atoms with van der Waals surface area (Å²) in [7, 11) is 0. The summed E-state index contributed by atoms with van der Waals surface area (Å²) in [5.74, 6) is 5.95. The van der Waals surface area contributed by atoms with E-state index in [1.54, 1.807) is 0 Å². The van der Waals surface area contributed by atoms with Crippen LogP contribution in [0.1, 0.15) is 18.9 Å². The number of carbonyl (C=O) groups excluding carboxylic acids is 1. The number of hydrogen-bond donors (Lipinski definition) is 3. The van der Waals surface area contributed by atoms with Crippen LogP contribution in [0.3, 0.4) is 0 Å². The number of nitrogens with one attached hydrogen (secondary N) is 2. The first-order chi connectivity index (χ1) is 8.58. The van der Waals surface area contributed by atoms with Crippen molar-refractivity contribution in [3.63, 3.8) is 0 Å². The van der Waals surface area contributed by atoms with Crippen LogP contribution in [0.15, 0.2) is 24.3 Å². The van der Waals surface area contributed by atoms with Crippen molar-refractivity contribution in [2.75, 3.05) is 11.9 Å². The SMILES string of the molecule is CC(=O)NCCC#Cc1cccc(NC(N)=S)c1. The topological polar surface area (TPSA) is 67.2 Å². The first kappa shape index (κ1) is 14.0. The normalized spacial score (nSPS) is 8.94. The molecule has 0 aliphatic rings. The molecule has 0 heterocycles. The number of thiocarbonyl (C=S) groups is 1. The van der Waals surface area contributed by atoms with Gasteiger partial charge < -0.3 is 16.4 Å². The van der Waals surface area contributed by atoms with Crippen molar-refractivity contribution in [2.24, 2.45) is 5.73 Å². The number of nitrogens with two attached hydrogens (primary N) is 1. The Balaban J connectivity index is 2.54. The van der Waals surface area contributed by atoms with E-state index in [-0.39, 0.29) is 11.0 Å². The number of carbonyl (C=O) groups is 1. The van der Waals surface area contributed by atoms with Crippen molar-refractivity contribution in [3.05, 3.63) is 29.8 Å². The molecule has 0 aliphatic carbocycles. The fourth-order valence-electron chi connectivity index (χ4n) is 1.28. The molecule has 0 bridgehead atoms. The molecule has 1 amide bonds. The monoisotopic (exact) mass is 261 g/mol. The van der Waals surface area contributed by atoms with Crippen LogP contribution in [0, 0.1) is 11.8 Å². The lowest BCUT2D eigenvalue weighted by atomic mass is 10.2. The Morgan fingerprint density at radius 2 is 2.28 bits per heavy atom. The first-order valence-corrected chi connectivity index (χ1v) is 5.88. The molecule has 0 aromatic heterocycles. The fraction of sp³-hybridized carbons (Fsp3) is 0.231. The van der Waals surface area contributed by atoms with E-state index in [0.717, 1.165) is 11.3 Å². The van der Waals surface area contributed by atoms with Crippen LogP contribution < -0.4 is 16.4 Å². The second kappa shape index (κ2) is 7.30. The van der Waals surface area contributed by atoms with Gasteiger partial charge in [-0.25, -0.2) is 0 Å². The summed E-state index contributed by atoms with van der Waals surface area (Å²) in [6.07, 6.45) is 0.618. The van der Waals surface area contributed by atoms with Gasteiger partial charge in [-0.1, -0.05) is 17.9 Å². The van der Waals surface area contributed by atoms with Crippen LogP contribution in [0.4, 0.5) is 5.69 Å². The van der Waals surface area contributed by atoms with Gasteiger partial charge >= 0.3 is 0 Å². The van der Waals surface area contributed by atoms with Crippen LogP contribution in [-0.2, 0) is 4.79 Å². The Morgan fingerprint density at radius 3 is 2.94 bits per heavy atom. The molecule has 0 fully saturated rings. The lowest BCUT2D eigenvalue weighted by Crippen LogP contribution is -2.20. The first-order valence-electron chi connectivity index (χ1n) is 5.48.